The molecule has 0 unspecified atom stereocenters. The van der Waals surface area contributed by atoms with Crippen LogP contribution in [0.4, 0.5) is 0 Å². The van der Waals surface area contributed by atoms with Crippen molar-refractivity contribution in [2.24, 2.45) is 5.10 Å². The van der Waals surface area contributed by atoms with Gasteiger partial charge in [0.1, 0.15) is 12.4 Å². The van der Waals surface area contributed by atoms with Crippen molar-refractivity contribution in [3.05, 3.63) is 85.5 Å². The van der Waals surface area contributed by atoms with Gasteiger partial charge in [-0.1, -0.05) is 55.2 Å². The van der Waals surface area contributed by atoms with E-state index >= 15 is 0 Å². The van der Waals surface area contributed by atoms with E-state index in [4.69, 9.17) is 27.9 Å². The van der Waals surface area contributed by atoms with Gasteiger partial charge < -0.3 is 4.74 Å². The molecule has 0 spiro atoms. The second-order valence-electron chi connectivity index (χ2n) is 6.67. The molecule has 0 saturated heterocycles. The van der Waals surface area contributed by atoms with Crippen molar-refractivity contribution in [2.45, 2.75) is 26.4 Å². The number of ether oxygens (including phenoxy) is 1. The van der Waals surface area contributed by atoms with E-state index in [-0.39, 0.29) is 5.91 Å². The SMILES string of the molecule is CC(C)c1cc(C(=O)NN=Cc2ccccc2OCc2ccc(Cl)c(Cl)c2)cs1. The molecule has 2 aromatic carbocycles. The van der Waals surface area contributed by atoms with Crippen molar-refractivity contribution in [3.8, 4) is 5.75 Å². The average Bonchev–Trinajstić information content (AvgIpc) is 3.20. The van der Waals surface area contributed by atoms with Gasteiger partial charge in [-0.15, -0.1) is 11.3 Å². The van der Waals surface area contributed by atoms with Crippen LogP contribution in [-0.2, 0) is 6.61 Å². The first kappa shape index (κ1) is 21.4. The largest absolute Gasteiger partial charge is 0.488 e. The highest BCUT2D eigenvalue weighted by atomic mass is 35.5. The Bertz CT molecular complexity index is 1030. The zero-order valence-corrected chi connectivity index (χ0v) is 18.3. The lowest BCUT2D eigenvalue weighted by molar-refractivity contribution is 0.0955. The molecule has 1 aromatic heterocycles. The molecule has 7 heteroatoms. The van der Waals surface area contributed by atoms with Gasteiger partial charge >= 0.3 is 0 Å². The van der Waals surface area contributed by atoms with Gasteiger partial charge in [-0.2, -0.15) is 5.10 Å². The fraction of sp³-hybridized carbons (Fsp3) is 0.182. The van der Waals surface area contributed by atoms with E-state index in [1.54, 1.807) is 29.7 Å². The minimum absolute atomic E-state index is 0.237. The lowest BCUT2D eigenvalue weighted by atomic mass is 10.1. The van der Waals surface area contributed by atoms with Crippen molar-refractivity contribution in [2.75, 3.05) is 0 Å². The van der Waals surface area contributed by atoms with Gasteiger partial charge in [0.25, 0.3) is 5.91 Å². The first-order valence-corrected chi connectivity index (χ1v) is 10.6. The van der Waals surface area contributed by atoms with Crippen LogP contribution in [0.25, 0.3) is 0 Å². The lowest BCUT2D eigenvalue weighted by Gasteiger charge is -2.09. The average molecular weight is 447 g/mol. The van der Waals surface area contributed by atoms with Gasteiger partial charge in [-0.25, -0.2) is 5.43 Å². The van der Waals surface area contributed by atoms with Crippen LogP contribution in [0.3, 0.4) is 0 Å². The standard InChI is InChI=1S/C22H20Cl2N2O2S/c1-14(2)21-10-17(13-29-21)22(27)26-25-11-16-5-3-4-6-20(16)28-12-15-7-8-18(23)19(24)9-15/h3-11,13-14H,12H2,1-2H3,(H,26,27). The number of amides is 1. The summed E-state index contributed by atoms with van der Waals surface area (Å²) in [7, 11) is 0. The highest BCUT2D eigenvalue weighted by Gasteiger charge is 2.10. The molecule has 3 rings (SSSR count). The maximum Gasteiger partial charge on any atom is 0.272 e. The van der Waals surface area contributed by atoms with E-state index in [2.05, 4.69) is 24.4 Å². The van der Waals surface area contributed by atoms with Crippen LogP contribution in [0, 0.1) is 0 Å². The fourth-order valence-electron chi connectivity index (χ4n) is 2.51. The predicted molar refractivity (Wildman–Crippen MR) is 121 cm³/mol. The van der Waals surface area contributed by atoms with E-state index < -0.39 is 0 Å². The summed E-state index contributed by atoms with van der Waals surface area (Å²) in [6, 6.07) is 14.7. The molecule has 1 amide bonds. The maximum absolute atomic E-state index is 12.3. The Morgan fingerprint density at radius 3 is 2.69 bits per heavy atom. The van der Waals surface area contributed by atoms with Gasteiger partial charge in [0.15, 0.2) is 0 Å². The van der Waals surface area contributed by atoms with E-state index in [0.29, 0.717) is 33.9 Å². The fourth-order valence-corrected chi connectivity index (χ4v) is 3.73. The van der Waals surface area contributed by atoms with Crippen molar-refractivity contribution in [1.82, 2.24) is 5.43 Å². The minimum Gasteiger partial charge on any atom is -0.488 e. The number of nitrogens with zero attached hydrogens (tertiary/aromatic N) is 1. The number of thiophene rings is 1. The maximum atomic E-state index is 12.3. The van der Waals surface area contributed by atoms with Crippen molar-refractivity contribution in [1.29, 1.82) is 0 Å². The molecule has 0 bridgehead atoms. The summed E-state index contributed by atoms with van der Waals surface area (Å²) < 4.78 is 5.89. The zero-order valence-electron chi connectivity index (χ0n) is 16.0. The number of hydrogen-bond donors (Lipinski definition) is 1. The first-order chi connectivity index (χ1) is 13.9. The van der Waals surface area contributed by atoms with E-state index in [1.165, 1.54) is 4.88 Å². The summed E-state index contributed by atoms with van der Waals surface area (Å²) >= 11 is 13.6. The summed E-state index contributed by atoms with van der Waals surface area (Å²) in [4.78, 5) is 13.4. The third-order valence-electron chi connectivity index (χ3n) is 4.12. The van der Waals surface area contributed by atoms with Crippen molar-refractivity contribution >= 4 is 46.7 Å². The Balaban J connectivity index is 1.63. The Hall–Kier alpha value is -2.34. The number of hydrazone groups is 1. The first-order valence-electron chi connectivity index (χ1n) is 9.01. The number of rotatable bonds is 7. The zero-order chi connectivity index (χ0) is 20.8. The van der Waals surface area contributed by atoms with Gasteiger partial charge in [0, 0.05) is 15.8 Å². The number of hydrogen-bond acceptors (Lipinski definition) is 4. The monoisotopic (exact) mass is 446 g/mol. The molecule has 0 radical (unpaired) electrons. The Morgan fingerprint density at radius 2 is 1.97 bits per heavy atom. The quantitative estimate of drug-likeness (QED) is 0.331. The molecule has 0 aliphatic heterocycles. The summed E-state index contributed by atoms with van der Waals surface area (Å²) in [6.07, 6.45) is 1.57. The molecule has 0 aliphatic carbocycles. The van der Waals surface area contributed by atoms with Crippen LogP contribution < -0.4 is 10.2 Å². The molecule has 4 nitrogen and oxygen atoms in total. The Labute approximate surface area is 184 Å². The van der Waals surface area contributed by atoms with Crippen molar-refractivity contribution in [3.63, 3.8) is 0 Å². The van der Waals surface area contributed by atoms with Crippen LogP contribution in [-0.4, -0.2) is 12.1 Å². The molecule has 3 aromatic rings. The summed E-state index contributed by atoms with van der Waals surface area (Å²) in [5, 5.41) is 6.91. The van der Waals surface area contributed by atoms with Gasteiger partial charge in [-0.3, -0.25) is 4.79 Å². The minimum atomic E-state index is -0.237. The van der Waals surface area contributed by atoms with Gasteiger partial charge in [0.05, 0.1) is 21.8 Å². The summed E-state index contributed by atoms with van der Waals surface area (Å²) in [5.74, 6) is 0.803. The molecule has 0 atom stereocenters. The second kappa shape index (κ2) is 9.92. The smallest absolute Gasteiger partial charge is 0.272 e. The molecule has 1 N–H and O–H groups in total. The molecule has 1 heterocycles. The summed E-state index contributed by atoms with van der Waals surface area (Å²) in [6.45, 7) is 4.53. The van der Waals surface area contributed by atoms with E-state index in [9.17, 15) is 4.79 Å². The molecule has 0 fully saturated rings. The third kappa shape index (κ3) is 5.82. The predicted octanol–water partition coefficient (Wildman–Crippen LogP) is 6.52. The van der Waals surface area contributed by atoms with Crippen LogP contribution >= 0.6 is 34.5 Å². The Morgan fingerprint density at radius 1 is 1.17 bits per heavy atom. The number of carbonyl (C=O) groups excluding carboxylic acids is 1. The van der Waals surface area contributed by atoms with Crippen LogP contribution in [0.2, 0.25) is 10.0 Å². The number of para-hydroxylation sites is 1. The molecule has 29 heavy (non-hydrogen) atoms. The third-order valence-corrected chi connectivity index (χ3v) is 6.09. The molecular formula is C22H20Cl2N2O2S. The normalized spacial score (nSPS) is 11.2. The molecule has 0 saturated carbocycles. The summed E-state index contributed by atoms with van der Waals surface area (Å²) in [5.41, 5.74) is 4.83. The Kier molecular flexibility index (Phi) is 7.31. The highest BCUT2D eigenvalue weighted by Crippen LogP contribution is 2.25. The van der Waals surface area contributed by atoms with Gasteiger partial charge in [-0.05, 0) is 41.8 Å². The van der Waals surface area contributed by atoms with E-state index in [0.717, 1.165) is 11.1 Å². The number of halogens is 2. The number of benzene rings is 2. The van der Waals surface area contributed by atoms with E-state index in [1.807, 2.05) is 41.8 Å². The molecule has 150 valence electrons. The van der Waals surface area contributed by atoms with Crippen molar-refractivity contribution < 1.29 is 9.53 Å². The number of carbonyl (C=O) groups is 1. The van der Waals surface area contributed by atoms with Gasteiger partial charge in [0.2, 0.25) is 0 Å². The highest BCUT2D eigenvalue weighted by molar-refractivity contribution is 7.10. The van der Waals surface area contributed by atoms with Crippen LogP contribution in [0.1, 0.15) is 46.1 Å². The molecular weight excluding hydrogens is 427 g/mol. The topological polar surface area (TPSA) is 50.7 Å². The van der Waals surface area contributed by atoms with Crippen LogP contribution in [0.5, 0.6) is 5.75 Å². The van der Waals surface area contributed by atoms with Crippen LogP contribution in [0.15, 0.2) is 59.0 Å². The lowest BCUT2D eigenvalue weighted by Crippen LogP contribution is -2.16. The number of nitrogens with one attached hydrogen (secondary N) is 1. The second-order valence-corrected chi connectivity index (χ2v) is 8.42. The molecule has 0 aliphatic rings.